The Morgan fingerprint density at radius 3 is 2.67 bits per heavy atom. The lowest BCUT2D eigenvalue weighted by molar-refractivity contribution is 0.354. The Morgan fingerprint density at radius 2 is 2.50 bits per heavy atom. The van der Waals surface area contributed by atoms with Gasteiger partial charge in [0.05, 0.1) is 6.61 Å². The molecule has 6 heavy (non-hydrogen) atoms. The van der Waals surface area contributed by atoms with Crippen LogP contribution in [0.4, 0.5) is 0 Å². The van der Waals surface area contributed by atoms with E-state index in [9.17, 15) is 0 Å². The molecule has 0 aliphatic rings. The lowest BCUT2D eigenvalue weighted by atomic mass is 10.8. The van der Waals surface area contributed by atoms with Crippen LogP contribution >= 0.6 is 12.3 Å². The standard InChI is InChI=1S/C2H7NO2S/c3-1-2-5-6-4/h4H,1-3H2. The van der Waals surface area contributed by atoms with Crippen LogP contribution in [0.1, 0.15) is 0 Å². The van der Waals surface area contributed by atoms with Gasteiger partial charge in [0.25, 0.3) is 0 Å². The zero-order valence-corrected chi connectivity index (χ0v) is 4.07. The summed E-state index contributed by atoms with van der Waals surface area (Å²) in [6.07, 6.45) is 0. The summed E-state index contributed by atoms with van der Waals surface area (Å²) in [5.74, 6) is 0. The van der Waals surface area contributed by atoms with E-state index in [2.05, 4.69) is 4.18 Å². The Balaban J connectivity index is 2.34. The maximum Gasteiger partial charge on any atom is 0.155 e. The average molecular weight is 109 g/mol. The van der Waals surface area contributed by atoms with E-state index in [4.69, 9.17) is 10.3 Å². The molecule has 0 amide bonds. The third-order valence-electron chi connectivity index (χ3n) is 0.254. The largest absolute Gasteiger partial charge is 0.328 e. The van der Waals surface area contributed by atoms with E-state index in [-0.39, 0.29) is 0 Å². The molecule has 0 spiro atoms. The van der Waals surface area contributed by atoms with E-state index in [0.717, 1.165) is 0 Å². The van der Waals surface area contributed by atoms with Crippen LogP contribution in [0, 0.1) is 0 Å². The third-order valence-corrected chi connectivity index (χ3v) is 0.526. The van der Waals surface area contributed by atoms with Gasteiger partial charge < -0.3 is 10.3 Å². The molecule has 38 valence electrons. The maximum atomic E-state index is 7.84. The van der Waals surface area contributed by atoms with Crippen molar-refractivity contribution < 1.29 is 8.74 Å². The Morgan fingerprint density at radius 1 is 1.83 bits per heavy atom. The molecule has 0 bridgehead atoms. The fourth-order valence-electron chi connectivity index (χ4n) is 0.0854. The highest BCUT2D eigenvalue weighted by Gasteiger charge is 1.75. The molecule has 0 saturated carbocycles. The second-order valence-corrected chi connectivity index (χ2v) is 1.07. The number of hydrogen-bond donors (Lipinski definition) is 2. The van der Waals surface area contributed by atoms with Crippen molar-refractivity contribution in [2.45, 2.75) is 0 Å². The molecule has 0 aromatic rings. The van der Waals surface area contributed by atoms with Gasteiger partial charge in [-0.05, 0) is 0 Å². The lowest BCUT2D eigenvalue weighted by Gasteiger charge is -1.88. The highest BCUT2D eigenvalue weighted by molar-refractivity contribution is 7.88. The molecule has 0 aromatic carbocycles. The molecule has 0 unspecified atom stereocenters. The summed E-state index contributed by atoms with van der Waals surface area (Å²) in [7, 11) is 0. The number of nitrogens with two attached hydrogens (primary N) is 1. The van der Waals surface area contributed by atoms with Gasteiger partial charge in [-0.2, -0.15) is 0 Å². The zero-order chi connectivity index (χ0) is 4.83. The Bertz CT molecular complexity index is 23.5. The van der Waals surface area contributed by atoms with Crippen molar-refractivity contribution in [3.05, 3.63) is 0 Å². The molecule has 0 aliphatic heterocycles. The van der Waals surface area contributed by atoms with Crippen molar-refractivity contribution in [2.24, 2.45) is 5.73 Å². The molecule has 0 radical (unpaired) electrons. The molecular weight excluding hydrogens is 102 g/mol. The number of rotatable bonds is 3. The van der Waals surface area contributed by atoms with Crippen LogP contribution in [0.2, 0.25) is 0 Å². The van der Waals surface area contributed by atoms with E-state index in [1.54, 1.807) is 0 Å². The van der Waals surface area contributed by atoms with Gasteiger partial charge in [-0.25, -0.2) is 0 Å². The fourth-order valence-corrected chi connectivity index (χ4v) is 0.256. The normalized spacial score (nSPS) is 9.00. The van der Waals surface area contributed by atoms with Crippen molar-refractivity contribution in [2.75, 3.05) is 13.2 Å². The Hall–Kier alpha value is 0.230. The van der Waals surface area contributed by atoms with Gasteiger partial charge in [-0.15, -0.1) is 0 Å². The van der Waals surface area contributed by atoms with Crippen LogP contribution in [0.5, 0.6) is 0 Å². The van der Waals surface area contributed by atoms with Crippen molar-refractivity contribution in [3.63, 3.8) is 0 Å². The van der Waals surface area contributed by atoms with E-state index in [1.165, 1.54) is 0 Å². The van der Waals surface area contributed by atoms with Crippen LogP contribution in [0.15, 0.2) is 0 Å². The van der Waals surface area contributed by atoms with Crippen LogP contribution in [-0.4, -0.2) is 17.7 Å². The van der Waals surface area contributed by atoms with E-state index >= 15 is 0 Å². The van der Waals surface area contributed by atoms with Gasteiger partial charge in [-0.1, -0.05) is 0 Å². The summed E-state index contributed by atoms with van der Waals surface area (Å²) in [6.45, 7) is 0.856. The first-order valence-electron chi connectivity index (χ1n) is 1.55. The predicted molar refractivity (Wildman–Crippen MR) is 25.2 cm³/mol. The van der Waals surface area contributed by atoms with Gasteiger partial charge in [0.2, 0.25) is 0 Å². The third kappa shape index (κ3) is 4.23. The molecule has 0 aliphatic carbocycles. The first kappa shape index (κ1) is 6.23. The monoisotopic (exact) mass is 109 g/mol. The molecular formula is C2H7NO2S. The fraction of sp³-hybridized carbons (Fsp3) is 1.00. The minimum absolute atomic E-state index is 0.346. The topological polar surface area (TPSA) is 55.5 Å². The second kappa shape index (κ2) is 5.23. The summed E-state index contributed by atoms with van der Waals surface area (Å²) < 4.78 is 12.2. The molecule has 0 fully saturated rings. The first-order chi connectivity index (χ1) is 2.91. The molecule has 0 heterocycles. The summed E-state index contributed by atoms with van der Waals surface area (Å²) in [4.78, 5) is 0. The second-order valence-electron chi connectivity index (χ2n) is 0.685. The zero-order valence-electron chi connectivity index (χ0n) is 3.26. The lowest BCUT2D eigenvalue weighted by Crippen LogP contribution is -2.04. The molecule has 3 N–H and O–H groups in total. The minimum Gasteiger partial charge on any atom is -0.328 e. The first-order valence-corrected chi connectivity index (χ1v) is 2.24. The minimum atomic E-state index is 0.346. The van der Waals surface area contributed by atoms with Gasteiger partial charge in [0.1, 0.15) is 0 Å². The molecule has 0 saturated heterocycles. The molecule has 3 nitrogen and oxygen atoms in total. The van der Waals surface area contributed by atoms with Crippen LogP contribution in [0.25, 0.3) is 0 Å². The average Bonchev–Trinajstić information content (AvgIpc) is 1.61. The van der Waals surface area contributed by atoms with Gasteiger partial charge >= 0.3 is 0 Å². The maximum absolute atomic E-state index is 7.84. The van der Waals surface area contributed by atoms with Crippen LogP contribution in [0.3, 0.4) is 0 Å². The van der Waals surface area contributed by atoms with Crippen molar-refractivity contribution in [1.29, 1.82) is 0 Å². The SMILES string of the molecule is NCCOSO. The summed E-state index contributed by atoms with van der Waals surface area (Å²) >= 11 is 0.346. The van der Waals surface area contributed by atoms with E-state index in [1.807, 2.05) is 0 Å². The summed E-state index contributed by atoms with van der Waals surface area (Å²) in [6, 6.07) is 0. The highest BCUT2D eigenvalue weighted by Crippen LogP contribution is 1.89. The summed E-state index contributed by atoms with van der Waals surface area (Å²) in [5, 5.41) is 0. The van der Waals surface area contributed by atoms with Crippen molar-refractivity contribution >= 4 is 12.3 Å². The van der Waals surface area contributed by atoms with Crippen molar-refractivity contribution in [3.8, 4) is 0 Å². The number of hydrogen-bond acceptors (Lipinski definition) is 4. The molecule has 4 heteroatoms. The van der Waals surface area contributed by atoms with Crippen LogP contribution < -0.4 is 5.73 Å². The Labute approximate surface area is 40.9 Å². The van der Waals surface area contributed by atoms with Gasteiger partial charge in [-0.3, -0.25) is 4.18 Å². The van der Waals surface area contributed by atoms with E-state index < -0.39 is 0 Å². The van der Waals surface area contributed by atoms with E-state index in [0.29, 0.717) is 25.5 Å². The van der Waals surface area contributed by atoms with Crippen molar-refractivity contribution in [1.82, 2.24) is 0 Å². The summed E-state index contributed by atoms with van der Waals surface area (Å²) in [5.41, 5.74) is 4.97. The molecule has 0 rings (SSSR count). The quantitative estimate of drug-likeness (QED) is 0.398. The predicted octanol–water partition coefficient (Wildman–Crippen LogP) is 0.0829. The molecule has 0 atom stereocenters. The Kier molecular flexibility index (Phi) is 5.43. The smallest absolute Gasteiger partial charge is 0.155 e. The van der Waals surface area contributed by atoms with Gasteiger partial charge in [0.15, 0.2) is 12.3 Å². The van der Waals surface area contributed by atoms with Gasteiger partial charge in [0, 0.05) is 6.54 Å². The van der Waals surface area contributed by atoms with Crippen LogP contribution in [-0.2, 0) is 4.18 Å². The highest BCUT2D eigenvalue weighted by atomic mass is 32.2. The molecule has 0 aromatic heterocycles.